The summed E-state index contributed by atoms with van der Waals surface area (Å²) in [5.74, 6) is 0.691. The molecule has 1 unspecified atom stereocenters. The normalized spacial score (nSPS) is 17.1. The number of nitrogens with two attached hydrogens (primary N) is 2. The SMILES string of the molecule is CCN1CCCc2cc(C3N=C(NC#N)Nc4nc(N)c(C#N)c(N)c43)ccc21. The quantitative estimate of drug-likeness (QED) is 0.450. The number of benzene rings is 1. The van der Waals surface area contributed by atoms with Crippen LogP contribution in [0, 0.1) is 22.8 Å². The summed E-state index contributed by atoms with van der Waals surface area (Å²) in [6, 6.07) is 7.76. The van der Waals surface area contributed by atoms with E-state index in [9.17, 15) is 5.26 Å². The van der Waals surface area contributed by atoms with E-state index in [4.69, 9.17) is 16.7 Å². The molecule has 0 saturated carbocycles. The van der Waals surface area contributed by atoms with Gasteiger partial charge < -0.3 is 21.7 Å². The van der Waals surface area contributed by atoms with Gasteiger partial charge in [-0.2, -0.15) is 10.5 Å². The molecule has 0 bridgehead atoms. The van der Waals surface area contributed by atoms with E-state index in [1.54, 1.807) is 0 Å². The van der Waals surface area contributed by atoms with Gasteiger partial charge in [0.1, 0.15) is 29.3 Å². The first kappa shape index (κ1) is 18.4. The molecule has 0 aliphatic carbocycles. The summed E-state index contributed by atoms with van der Waals surface area (Å²) in [6.45, 7) is 4.16. The lowest BCUT2D eigenvalue weighted by molar-refractivity contribution is 0.705. The zero-order valence-corrected chi connectivity index (χ0v) is 16.0. The van der Waals surface area contributed by atoms with Crippen LogP contribution in [0.3, 0.4) is 0 Å². The fourth-order valence-corrected chi connectivity index (χ4v) is 4.02. The number of hydrogen-bond donors (Lipinski definition) is 4. The van der Waals surface area contributed by atoms with Gasteiger partial charge in [0.2, 0.25) is 5.96 Å². The number of nitrogens with one attached hydrogen (secondary N) is 2. The Bertz CT molecular complexity index is 1090. The molecule has 2 aromatic rings. The van der Waals surface area contributed by atoms with Crippen molar-refractivity contribution < 1.29 is 0 Å². The van der Waals surface area contributed by atoms with Gasteiger partial charge in [0.05, 0.1) is 5.69 Å². The zero-order valence-electron chi connectivity index (χ0n) is 16.0. The second-order valence-corrected chi connectivity index (χ2v) is 6.97. The fourth-order valence-electron chi connectivity index (χ4n) is 4.02. The van der Waals surface area contributed by atoms with Crippen LogP contribution < -0.4 is 27.0 Å². The molecule has 1 atom stereocenters. The Morgan fingerprint density at radius 2 is 2.17 bits per heavy atom. The third-order valence-corrected chi connectivity index (χ3v) is 5.37. The van der Waals surface area contributed by atoms with Gasteiger partial charge in [0.25, 0.3) is 0 Å². The zero-order chi connectivity index (χ0) is 20.5. The van der Waals surface area contributed by atoms with Crippen molar-refractivity contribution in [3.05, 3.63) is 40.5 Å². The molecule has 9 nitrogen and oxygen atoms in total. The topological polar surface area (TPSA) is 152 Å². The first-order chi connectivity index (χ1) is 14.1. The fraction of sp³-hybridized carbons (Fsp3) is 0.300. The number of pyridine rings is 1. The summed E-state index contributed by atoms with van der Waals surface area (Å²) in [7, 11) is 0. The number of nitrogens with zero attached hydrogens (tertiary/aromatic N) is 5. The molecule has 0 saturated heterocycles. The second-order valence-electron chi connectivity index (χ2n) is 6.97. The smallest absolute Gasteiger partial charge is 0.211 e. The maximum absolute atomic E-state index is 9.44. The lowest BCUT2D eigenvalue weighted by Gasteiger charge is -2.32. The maximum atomic E-state index is 9.44. The summed E-state index contributed by atoms with van der Waals surface area (Å²) < 4.78 is 0. The van der Waals surface area contributed by atoms with Crippen molar-refractivity contribution in [2.45, 2.75) is 25.8 Å². The molecular weight excluding hydrogens is 366 g/mol. The minimum absolute atomic E-state index is 0.0391. The van der Waals surface area contributed by atoms with Crippen molar-refractivity contribution in [2.75, 3.05) is 34.8 Å². The van der Waals surface area contributed by atoms with Crippen molar-refractivity contribution in [2.24, 2.45) is 4.99 Å². The van der Waals surface area contributed by atoms with E-state index < -0.39 is 6.04 Å². The molecule has 6 N–H and O–H groups in total. The van der Waals surface area contributed by atoms with E-state index in [-0.39, 0.29) is 23.0 Å². The van der Waals surface area contributed by atoms with Crippen LogP contribution in [0.15, 0.2) is 23.2 Å². The van der Waals surface area contributed by atoms with Gasteiger partial charge in [-0.15, -0.1) is 0 Å². The summed E-state index contributed by atoms with van der Waals surface area (Å²) in [6.07, 6.45) is 3.95. The molecule has 1 aromatic heterocycles. The van der Waals surface area contributed by atoms with Gasteiger partial charge in [-0.3, -0.25) is 5.32 Å². The van der Waals surface area contributed by atoms with Crippen molar-refractivity contribution in [1.29, 1.82) is 10.5 Å². The van der Waals surface area contributed by atoms with Crippen LogP contribution in [-0.2, 0) is 6.42 Å². The van der Waals surface area contributed by atoms with Crippen LogP contribution in [-0.4, -0.2) is 24.0 Å². The number of aliphatic imine (C=N–C) groups is 1. The Kier molecular flexibility index (Phi) is 4.57. The monoisotopic (exact) mass is 387 g/mol. The number of nitrogen functional groups attached to an aromatic ring is 2. The summed E-state index contributed by atoms with van der Waals surface area (Å²) >= 11 is 0. The third-order valence-electron chi connectivity index (χ3n) is 5.37. The predicted molar refractivity (Wildman–Crippen MR) is 112 cm³/mol. The van der Waals surface area contributed by atoms with Crippen molar-refractivity contribution in [3.8, 4) is 12.3 Å². The van der Waals surface area contributed by atoms with E-state index >= 15 is 0 Å². The van der Waals surface area contributed by atoms with E-state index in [1.165, 1.54) is 11.3 Å². The van der Waals surface area contributed by atoms with Crippen LogP contribution in [0.4, 0.5) is 23.0 Å². The van der Waals surface area contributed by atoms with Gasteiger partial charge in [-0.1, -0.05) is 12.1 Å². The Labute approximate surface area is 168 Å². The second kappa shape index (κ2) is 7.21. The van der Waals surface area contributed by atoms with Gasteiger partial charge in [0, 0.05) is 24.3 Å². The van der Waals surface area contributed by atoms with E-state index in [0.29, 0.717) is 11.4 Å². The highest BCUT2D eigenvalue weighted by atomic mass is 15.2. The van der Waals surface area contributed by atoms with Crippen molar-refractivity contribution in [1.82, 2.24) is 10.3 Å². The van der Waals surface area contributed by atoms with Gasteiger partial charge in [-0.25, -0.2) is 9.98 Å². The number of aromatic nitrogens is 1. The minimum Gasteiger partial charge on any atom is -0.397 e. The van der Waals surface area contributed by atoms with Crippen LogP contribution in [0.1, 0.15) is 41.6 Å². The largest absolute Gasteiger partial charge is 0.397 e. The number of guanidine groups is 1. The lowest BCUT2D eigenvalue weighted by Crippen LogP contribution is -2.33. The average Bonchev–Trinajstić information content (AvgIpc) is 2.72. The highest BCUT2D eigenvalue weighted by molar-refractivity contribution is 5.98. The minimum atomic E-state index is -0.510. The highest BCUT2D eigenvalue weighted by Gasteiger charge is 2.30. The number of rotatable bonds is 2. The Morgan fingerprint density at radius 3 is 2.90 bits per heavy atom. The molecule has 29 heavy (non-hydrogen) atoms. The molecule has 2 aliphatic rings. The van der Waals surface area contributed by atoms with Crippen LogP contribution in [0.5, 0.6) is 0 Å². The molecule has 2 aliphatic heterocycles. The van der Waals surface area contributed by atoms with E-state index in [2.05, 4.69) is 44.6 Å². The first-order valence-corrected chi connectivity index (χ1v) is 9.44. The van der Waals surface area contributed by atoms with Gasteiger partial charge in [0.15, 0.2) is 6.19 Å². The molecule has 0 spiro atoms. The summed E-state index contributed by atoms with van der Waals surface area (Å²) in [4.78, 5) is 11.3. The average molecular weight is 387 g/mol. The molecule has 9 heteroatoms. The Balaban J connectivity index is 1.87. The molecule has 0 fully saturated rings. The predicted octanol–water partition coefficient (Wildman–Crippen LogP) is 1.83. The summed E-state index contributed by atoms with van der Waals surface area (Å²) in [5, 5.41) is 23.9. The van der Waals surface area contributed by atoms with Crippen LogP contribution >= 0.6 is 0 Å². The molecular formula is C20H21N9. The molecule has 3 heterocycles. The number of fused-ring (bicyclic) bond motifs is 2. The highest BCUT2D eigenvalue weighted by Crippen LogP contribution is 2.41. The molecule has 1 aromatic carbocycles. The Hall–Kier alpha value is -3.98. The standard InChI is InChI=1S/C20H21N9/c1-2-29-7-3-4-11-8-12(5-6-14(11)29)17-15-16(23)13(9-21)18(24)27-19(15)28-20(26-17)25-10-22/h5-6,8,17H,2-4,7H2,1H3,(H6,23,24,25,26,27,28). The molecule has 146 valence electrons. The molecule has 4 rings (SSSR count). The lowest BCUT2D eigenvalue weighted by atomic mass is 9.91. The van der Waals surface area contributed by atoms with E-state index in [0.717, 1.165) is 31.5 Å². The van der Waals surface area contributed by atoms with Crippen molar-refractivity contribution in [3.63, 3.8) is 0 Å². The van der Waals surface area contributed by atoms with Gasteiger partial charge in [-0.05, 0) is 37.0 Å². The van der Waals surface area contributed by atoms with E-state index in [1.807, 2.05) is 18.3 Å². The Morgan fingerprint density at radius 1 is 1.34 bits per heavy atom. The number of aryl methyl sites for hydroxylation is 1. The molecule has 0 amide bonds. The number of nitriles is 2. The first-order valence-electron chi connectivity index (χ1n) is 9.44. The maximum Gasteiger partial charge on any atom is 0.211 e. The van der Waals surface area contributed by atoms with Gasteiger partial charge >= 0.3 is 0 Å². The molecule has 0 radical (unpaired) electrons. The third kappa shape index (κ3) is 3.03. The van der Waals surface area contributed by atoms with Crippen LogP contribution in [0.25, 0.3) is 0 Å². The van der Waals surface area contributed by atoms with Crippen LogP contribution in [0.2, 0.25) is 0 Å². The van der Waals surface area contributed by atoms with Crippen molar-refractivity contribution >= 4 is 29.0 Å². The number of anilines is 4. The number of hydrogen-bond acceptors (Lipinski definition) is 9. The summed E-state index contributed by atoms with van der Waals surface area (Å²) in [5.41, 5.74) is 16.6.